The minimum Gasteiger partial charge on any atom is -0.372 e. The van der Waals surface area contributed by atoms with E-state index in [0.29, 0.717) is 6.04 Å². The lowest BCUT2D eigenvalue weighted by atomic mass is 9.98. The van der Waals surface area contributed by atoms with Crippen molar-refractivity contribution in [1.82, 2.24) is 5.32 Å². The Morgan fingerprint density at radius 3 is 2.50 bits per heavy atom. The topological polar surface area (TPSA) is 21.3 Å². The summed E-state index contributed by atoms with van der Waals surface area (Å²) in [6.07, 6.45) is 2.87. The van der Waals surface area contributed by atoms with E-state index in [-0.39, 0.29) is 6.10 Å². The zero-order valence-corrected chi connectivity index (χ0v) is 10.1. The van der Waals surface area contributed by atoms with Crippen LogP contribution in [0.25, 0.3) is 0 Å². The Bertz CT molecular complexity index is 308. The van der Waals surface area contributed by atoms with Crippen LogP contribution in [-0.2, 0) is 4.74 Å². The zero-order valence-electron chi connectivity index (χ0n) is 10.1. The quantitative estimate of drug-likeness (QED) is 0.794. The summed E-state index contributed by atoms with van der Waals surface area (Å²) in [7, 11) is 2.04. The molecule has 0 aromatic heterocycles. The van der Waals surface area contributed by atoms with E-state index in [1.54, 1.807) is 0 Å². The molecule has 2 rings (SSSR count). The first-order valence-electron chi connectivity index (χ1n) is 6.20. The maximum absolute atomic E-state index is 5.92. The minimum atomic E-state index is 0.198. The van der Waals surface area contributed by atoms with Crippen LogP contribution in [0.2, 0.25) is 0 Å². The first-order valence-corrected chi connectivity index (χ1v) is 6.20. The van der Waals surface area contributed by atoms with Gasteiger partial charge in [0.05, 0.1) is 6.10 Å². The fourth-order valence-corrected chi connectivity index (χ4v) is 2.32. The van der Waals surface area contributed by atoms with Gasteiger partial charge in [0.2, 0.25) is 0 Å². The molecule has 0 aliphatic heterocycles. The molecule has 1 aliphatic rings. The summed E-state index contributed by atoms with van der Waals surface area (Å²) in [5.74, 6) is 0.793. The molecule has 2 nitrogen and oxygen atoms in total. The van der Waals surface area contributed by atoms with Gasteiger partial charge in [-0.15, -0.1) is 0 Å². The summed E-state index contributed by atoms with van der Waals surface area (Å²) in [5, 5.41) is 3.42. The molecule has 0 radical (unpaired) electrons. The monoisotopic (exact) mass is 219 g/mol. The van der Waals surface area contributed by atoms with Gasteiger partial charge in [0.1, 0.15) is 0 Å². The summed E-state index contributed by atoms with van der Waals surface area (Å²) >= 11 is 0. The van der Waals surface area contributed by atoms with Crippen molar-refractivity contribution in [3.05, 3.63) is 35.9 Å². The number of nitrogens with one attached hydrogen (secondary N) is 1. The second-order valence-electron chi connectivity index (χ2n) is 4.44. The van der Waals surface area contributed by atoms with Crippen molar-refractivity contribution in [2.75, 3.05) is 13.7 Å². The second-order valence-corrected chi connectivity index (χ2v) is 4.44. The van der Waals surface area contributed by atoms with E-state index in [1.165, 1.54) is 18.4 Å². The molecule has 1 aromatic rings. The molecule has 2 unspecified atom stereocenters. The fraction of sp³-hybridized carbons (Fsp3) is 0.571. The van der Waals surface area contributed by atoms with Gasteiger partial charge < -0.3 is 10.1 Å². The van der Waals surface area contributed by atoms with Gasteiger partial charge in [-0.25, -0.2) is 0 Å². The van der Waals surface area contributed by atoms with E-state index in [4.69, 9.17) is 4.74 Å². The van der Waals surface area contributed by atoms with Crippen molar-refractivity contribution in [1.29, 1.82) is 0 Å². The molecule has 0 saturated heterocycles. The third-order valence-electron chi connectivity index (χ3n) is 3.26. The van der Waals surface area contributed by atoms with E-state index in [1.807, 2.05) is 7.05 Å². The number of benzene rings is 1. The highest BCUT2D eigenvalue weighted by Crippen LogP contribution is 2.39. The lowest BCUT2D eigenvalue weighted by Gasteiger charge is -2.27. The van der Waals surface area contributed by atoms with Crippen molar-refractivity contribution in [3.63, 3.8) is 0 Å². The molecule has 16 heavy (non-hydrogen) atoms. The van der Waals surface area contributed by atoms with Crippen molar-refractivity contribution in [2.45, 2.75) is 31.9 Å². The molecule has 0 amide bonds. The third-order valence-corrected chi connectivity index (χ3v) is 3.26. The Morgan fingerprint density at radius 1 is 1.31 bits per heavy atom. The predicted octanol–water partition coefficient (Wildman–Crippen LogP) is 2.76. The molecule has 88 valence electrons. The maximum Gasteiger partial charge on any atom is 0.0980 e. The molecule has 1 aromatic carbocycles. The Kier molecular flexibility index (Phi) is 3.97. The summed E-state index contributed by atoms with van der Waals surface area (Å²) in [6.45, 7) is 2.83. The first-order chi connectivity index (χ1) is 7.86. The third kappa shape index (κ3) is 2.63. The van der Waals surface area contributed by atoms with Gasteiger partial charge in [-0.05, 0) is 38.3 Å². The highest BCUT2D eigenvalue weighted by atomic mass is 16.5. The predicted molar refractivity (Wildman–Crippen MR) is 66.4 cm³/mol. The Hall–Kier alpha value is -0.860. The van der Waals surface area contributed by atoms with E-state index in [0.717, 1.165) is 12.5 Å². The SMILES string of the molecule is CCOC(c1ccccc1)C(NC)C1CC1. The normalized spacial score (nSPS) is 19.4. The van der Waals surface area contributed by atoms with E-state index >= 15 is 0 Å². The molecule has 0 spiro atoms. The van der Waals surface area contributed by atoms with Crippen LogP contribution in [-0.4, -0.2) is 19.7 Å². The number of ether oxygens (including phenoxy) is 1. The van der Waals surface area contributed by atoms with Crippen LogP contribution < -0.4 is 5.32 Å². The van der Waals surface area contributed by atoms with Gasteiger partial charge in [-0.3, -0.25) is 0 Å². The molecule has 1 saturated carbocycles. The van der Waals surface area contributed by atoms with Gasteiger partial charge in [0.25, 0.3) is 0 Å². The van der Waals surface area contributed by atoms with Crippen LogP contribution in [0.3, 0.4) is 0 Å². The van der Waals surface area contributed by atoms with E-state index in [2.05, 4.69) is 42.6 Å². The fourth-order valence-electron chi connectivity index (χ4n) is 2.32. The average Bonchev–Trinajstić information content (AvgIpc) is 3.15. The standard InChI is InChI=1S/C14H21NO/c1-3-16-14(12-7-5-4-6-8-12)13(15-2)11-9-10-11/h4-8,11,13-15H,3,9-10H2,1-2H3. The number of likely N-dealkylation sites (N-methyl/N-ethyl adjacent to an activating group) is 1. The highest BCUT2D eigenvalue weighted by Gasteiger charge is 2.36. The summed E-state index contributed by atoms with van der Waals surface area (Å²) < 4.78 is 5.92. The maximum atomic E-state index is 5.92. The summed E-state index contributed by atoms with van der Waals surface area (Å²) in [6, 6.07) is 11.0. The zero-order chi connectivity index (χ0) is 11.4. The molecule has 2 heteroatoms. The average molecular weight is 219 g/mol. The van der Waals surface area contributed by atoms with Crippen LogP contribution >= 0.6 is 0 Å². The summed E-state index contributed by atoms with van der Waals surface area (Å²) in [4.78, 5) is 0. The second kappa shape index (κ2) is 5.46. The molecule has 1 aliphatic carbocycles. The molecular weight excluding hydrogens is 198 g/mol. The van der Waals surface area contributed by atoms with Gasteiger partial charge >= 0.3 is 0 Å². The minimum absolute atomic E-state index is 0.198. The Labute approximate surface area is 98.0 Å². The van der Waals surface area contributed by atoms with Crippen LogP contribution in [0, 0.1) is 5.92 Å². The molecular formula is C14H21NO. The molecule has 1 N–H and O–H groups in total. The lowest BCUT2D eigenvalue weighted by molar-refractivity contribution is 0.0292. The van der Waals surface area contributed by atoms with Crippen molar-refractivity contribution >= 4 is 0 Å². The van der Waals surface area contributed by atoms with Crippen LogP contribution in [0.5, 0.6) is 0 Å². The van der Waals surface area contributed by atoms with Crippen molar-refractivity contribution < 1.29 is 4.74 Å². The number of hydrogen-bond acceptors (Lipinski definition) is 2. The van der Waals surface area contributed by atoms with Gasteiger partial charge in [-0.1, -0.05) is 30.3 Å². The first kappa shape index (κ1) is 11.6. The Morgan fingerprint density at radius 2 is 2.00 bits per heavy atom. The lowest BCUT2D eigenvalue weighted by Crippen LogP contribution is -2.35. The Balaban J connectivity index is 2.15. The van der Waals surface area contributed by atoms with Crippen LogP contribution in [0.15, 0.2) is 30.3 Å². The summed E-state index contributed by atoms with van der Waals surface area (Å²) in [5.41, 5.74) is 1.29. The molecule has 0 heterocycles. The van der Waals surface area contributed by atoms with Crippen molar-refractivity contribution in [3.8, 4) is 0 Å². The van der Waals surface area contributed by atoms with Gasteiger partial charge in [-0.2, -0.15) is 0 Å². The van der Waals surface area contributed by atoms with E-state index in [9.17, 15) is 0 Å². The molecule has 2 atom stereocenters. The van der Waals surface area contributed by atoms with Crippen LogP contribution in [0.4, 0.5) is 0 Å². The molecule has 0 bridgehead atoms. The van der Waals surface area contributed by atoms with Gasteiger partial charge in [0.15, 0.2) is 0 Å². The number of hydrogen-bond donors (Lipinski definition) is 1. The van der Waals surface area contributed by atoms with Gasteiger partial charge in [0, 0.05) is 12.6 Å². The van der Waals surface area contributed by atoms with E-state index < -0.39 is 0 Å². The highest BCUT2D eigenvalue weighted by molar-refractivity contribution is 5.20. The number of rotatable bonds is 6. The van der Waals surface area contributed by atoms with Crippen molar-refractivity contribution in [2.24, 2.45) is 5.92 Å². The smallest absolute Gasteiger partial charge is 0.0980 e. The van der Waals surface area contributed by atoms with Crippen LogP contribution in [0.1, 0.15) is 31.4 Å². The largest absolute Gasteiger partial charge is 0.372 e. The molecule has 1 fully saturated rings.